The lowest BCUT2D eigenvalue weighted by Gasteiger charge is -2.10. The maximum Gasteiger partial charge on any atom is 0.240 e. The molecule has 0 aliphatic rings. The fraction of sp³-hybridized carbons (Fsp3) is 0.200. The van der Waals surface area contributed by atoms with Gasteiger partial charge in [-0.25, -0.2) is 22.2 Å². The summed E-state index contributed by atoms with van der Waals surface area (Å²) >= 11 is 5.81. The monoisotopic (exact) mass is 450 g/mol. The zero-order valence-electron chi connectivity index (χ0n) is 16.3. The second-order valence-electron chi connectivity index (χ2n) is 6.66. The van der Waals surface area contributed by atoms with Crippen LogP contribution in [0.15, 0.2) is 53.4 Å². The van der Waals surface area contributed by atoms with Crippen molar-refractivity contribution >= 4 is 33.2 Å². The van der Waals surface area contributed by atoms with E-state index in [1.165, 1.54) is 35.0 Å². The molecule has 0 fully saturated rings. The number of benzene rings is 2. The molecular weight excluding hydrogens is 431 g/mol. The largest absolute Gasteiger partial charge is 0.326 e. The average Bonchev–Trinajstić information content (AvgIpc) is 2.99. The first-order valence-electron chi connectivity index (χ1n) is 9.04. The van der Waals surface area contributed by atoms with Gasteiger partial charge < -0.3 is 5.32 Å². The number of rotatable bonds is 7. The number of amides is 1. The van der Waals surface area contributed by atoms with Crippen LogP contribution in [0.2, 0.25) is 5.02 Å². The molecule has 3 aromatic rings. The third-order valence-corrected chi connectivity index (χ3v) is 5.91. The summed E-state index contributed by atoms with van der Waals surface area (Å²) in [6.07, 6.45) is -0.124. The van der Waals surface area contributed by atoms with Gasteiger partial charge in [0.2, 0.25) is 15.9 Å². The Hall–Kier alpha value is -2.75. The summed E-state index contributed by atoms with van der Waals surface area (Å²) in [6, 6.07) is 11.9. The third kappa shape index (κ3) is 5.24. The first-order valence-corrected chi connectivity index (χ1v) is 10.9. The van der Waals surface area contributed by atoms with Gasteiger partial charge in [-0.05, 0) is 56.3 Å². The number of nitrogens with one attached hydrogen (secondary N) is 2. The van der Waals surface area contributed by atoms with Gasteiger partial charge in [0.25, 0.3) is 0 Å². The predicted molar refractivity (Wildman–Crippen MR) is 113 cm³/mol. The number of halogens is 2. The van der Waals surface area contributed by atoms with Crippen LogP contribution in [0.25, 0.3) is 5.69 Å². The Labute approximate surface area is 178 Å². The highest BCUT2D eigenvalue weighted by Gasteiger charge is 2.15. The van der Waals surface area contributed by atoms with Gasteiger partial charge in [0.15, 0.2) is 5.82 Å². The molecule has 0 radical (unpaired) electrons. The van der Waals surface area contributed by atoms with Gasteiger partial charge in [0, 0.05) is 29.4 Å². The van der Waals surface area contributed by atoms with Crippen LogP contribution in [0.1, 0.15) is 17.8 Å². The van der Waals surface area contributed by atoms with Crippen molar-refractivity contribution in [3.05, 3.63) is 70.8 Å². The SMILES string of the molecule is Cc1cc(C)n(-c2ccc(NC(=O)CCNS(=O)(=O)c3cccc(Cl)c3)cc2F)n1. The van der Waals surface area contributed by atoms with E-state index in [4.69, 9.17) is 11.6 Å². The van der Waals surface area contributed by atoms with Gasteiger partial charge in [-0.1, -0.05) is 17.7 Å². The summed E-state index contributed by atoms with van der Waals surface area (Å²) < 4.78 is 42.7. The lowest BCUT2D eigenvalue weighted by atomic mass is 10.2. The molecule has 0 unspecified atom stereocenters. The molecule has 2 N–H and O–H groups in total. The first-order chi connectivity index (χ1) is 14.2. The molecule has 0 saturated carbocycles. The van der Waals surface area contributed by atoms with E-state index in [0.717, 1.165) is 11.4 Å². The van der Waals surface area contributed by atoms with Crippen molar-refractivity contribution in [1.82, 2.24) is 14.5 Å². The number of carbonyl (C=O) groups is 1. The zero-order chi connectivity index (χ0) is 21.9. The maximum atomic E-state index is 14.5. The van der Waals surface area contributed by atoms with Crippen LogP contribution in [0.4, 0.5) is 10.1 Å². The van der Waals surface area contributed by atoms with Crippen LogP contribution in [0.5, 0.6) is 0 Å². The highest BCUT2D eigenvalue weighted by atomic mass is 35.5. The molecule has 158 valence electrons. The Morgan fingerprint density at radius 2 is 1.93 bits per heavy atom. The summed E-state index contributed by atoms with van der Waals surface area (Å²) in [7, 11) is -3.78. The quantitative estimate of drug-likeness (QED) is 0.575. The Morgan fingerprint density at radius 1 is 1.17 bits per heavy atom. The lowest BCUT2D eigenvalue weighted by Crippen LogP contribution is -2.27. The van der Waals surface area contributed by atoms with E-state index in [9.17, 15) is 17.6 Å². The maximum absolute atomic E-state index is 14.5. The van der Waals surface area contributed by atoms with Crippen LogP contribution in [-0.4, -0.2) is 30.7 Å². The van der Waals surface area contributed by atoms with Crippen molar-refractivity contribution in [2.24, 2.45) is 0 Å². The number of sulfonamides is 1. The highest BCUT2D eigenvalue weighted by Crippen LogP contribution is 2.20. The average molecular weight is 451 g/mol. The zero-order valence-corrected chi connectivity index (χ0v) is 17.9. The van der Waals surface area contributed by atoms with Crippen molar-refractivity contribution in [3.63, 3.8) is 0 Å². The van der Waals surface area contributed by atoms with Gasteiger partial charge in [-0.15, -0.1) is 0 Å². The molecule has 3 rings (SSSR count). The normalized spacial score (nSPS) is 11.5. The summed E-state index contributed by atoms with van der Waals surface area (Å²) in [6.45, 7) is 3.52. The minimum atomic E-state index is -3.78. The van der Waals surface area contributed by atoms with Gasteiger partial charge >= 0.3 is 0 Å². The minimum absolute atomic E-state index is 0.0113. The fourth-order valence-electron chi connectivity index (χ4n) is 2.87. The molecule has 0 spiro atoms. The first kappa shape index (κ1) is 21.9. The van der Waals surface area contributed by atoms with Crippen LogP contribution < -0.4 is 10.0 Å². The van der Waals surface area contributed by atoms with Crippen molar-refractivity contribution in [2.75, 3.05) is 11.9 Å². The molecule has 1 amide bonds. The second-order valence-corrected chi connectivity index (χ2v) is 8.86. The number of aromatic nitrogens is 2. The molecule has 1 heterocycles. The van der Waals surface area contributed by atoms with Crippen molar-refractivity contribution in [3.8, 4) is 5.69 Å². The van der Waals surface area contributed by atoms with E-state index in [0.29, 0.717) is 5.02 Å². The molecule has 1 aromatic heterocycles. The van der Waals surface area contributed by atoms with Crippen molar-refractivity contribution < 1.29 is 17.6 Å². The highest BCUT2D eigenvalue weighted by molar-refractivity contribution is 7.89. The molecule has 0 saturated heterocycles. The molecule has 2 aromatic carbocycles. The number of hydrogen-bond donors (Lipinski definition) is 2. The van der Waals surface area contributed by atoms with Gasteiger partial charge in [-0.2, -0.15) is 5.10 Å². The van der Waals surface area contributed by atoms with Crippen LogP contribution >= 0.6 is 11.6 Å². The molecule has 0 atom stereocenters. The molecule has 10 heteroatoms. The summed E-state index contributed by atoms with van der Waals surface area (Å²) in [5, 5.41) is 7.09. The third-order valence-electron chi connectivity index (χ3n) is 4.22. The molecule has 0 bridgehead atoms. The Morgan fingerprint density at radius 3 is 2.57 bits per heavy atom. The lowest BCUT2D eigenvalue weighted by molar-refractivity contribution is -0.116. The predicted octanol–water partition coefficient (Wildman–Crippen LogP) is 3.59. The number of aryl methyl sites for hydroxylation is 2. The Kier molecular flexibility index (Phi) is 6.55. The van der Waals surface area contributed by atoms with E-state index in [2.05, 4.69) is 15.1 Å². The fourth-order valence-corrected chi connectivity index (χ4v) is 4.20. The number of hydrogen-bond acceptors (Lipinski definition) is 4. The van der Waals surface area contributed by atoms with Crippen LogP contribution in [0.3, 0.4) is 0 Å². The smallest absolute Gasteiger partial charge is 0.240 e. The van der Waals surface area contributed by atoms with E-state index in [-0.39, 0.29) is 29.2 Å². The van der Waals surface area contributed by atoms with E-state index >= 15 is 0 Å². The van der Waals surface area contributed by atoms with Crippen molar-refractivity contribution in [1.29, 1.82) is 0 Å². The minimum Gasteiger partial charge on any atom is -0.326 e. The van der Waals surface area contributed by atoms with Gasteiger partial charge in [0.05, 0.1) is 10.6 Å². The van der Waals surface area contributed by atoms with Gasteiger partial charge in [0.1, 0.15) is 5.69 Å². The van der Waals surface area contributed by atoms with E-state index in [1.807, 2.05) is 19.9 Å². The van der Waals surface area contributed by atoms with Crippen molar-refractivity contribution in [2.45, 2.75) is 25.2 Å². The molecule has 0 aliphatic heterocycles. The molecule has 30 heavy (non-hydrogen) atoms. The summed E-state index contributed by atoms with van der Waals surface area (Å²) in [5.41, 5.74) is 2.09. The standard InChI is InChI=1S/C20H20ClFN4O3S/c1-13-10-14(2)26(25-13)19-7-6-16(12-18(19)22)24-20(27)8-9-23-30(28,29)17-5-3-4-15(21)11-17/h3-7,10-12,23H,8-9H2,1-2H3,(H,24,27). The molecule has 0 aliphatic carbocycles. The Balaban J connectivity index is 1.59. The van der Waals surface area contributed by atoms with Crippen LogP contribution in [-0.2, 0) is 14.8 Å². The van der Waals surface area contributed by atoms with Crippen LogP contribution in [0, 0.1) is 19.7 Å². The molecule has 7 nitrogen and oxygen atoms in total. The second kappa shape index (κ2) is 8.95. The number of carbonyl (C=O) groups excluding carboxylic acids is 1. The summed E-state index contributed by atoms with van der Waals surface area (Å²) in [5.74, 6) is -0.997. The molecular formula is C20H20ClFN4O3S. The summed E-state index contributed by atoms with van der Waals surface area (Å²) in [4.78, 5) is 12.1. The number of nitrogens with zero attached hydrogens (tertiary/aromatic N) is 2. The number of anilines is 1. The van der Waals surface area contributed by atoms with Gasteiger partial charge in [-0.3, -0.25) is 4.79 Å². The van der Waals surface area contributed by atoms with E-state index in [1.54, 1.807) is 12.1 Å². The Bertz CT molecular complexity index is 1190. The topological polar surface area (TPSA) is 93.1 Å². The van der Waals surface area contributed by atoms with E-state index < -0.39 is 21.7 Å².